The van der Waals surface area contributed by atoms with Crippen LogP contribution in [-0.4, -0.2) is 89.4 Å². The number of rotatable bonds is 4. The fourth-order valence-corrected chi connectivity index (χ4v) is 3.82. The molecule has 3 fully saturated rings. The maximum absolute atomic E-state index is 12.7. The van der Waals surface area contributed by atoms with E-state index in [1.807, 2.05) is 0 Å². The summed E-state index contributed by atoms with van der Waals surface area (Å²) in [4.78, 5) is 52.3. The van der Waals surface area contributed by atoms with Gasteiger partial charge in [-0.05, 0) is 19.3 Å². The minimum atomic E-state index is -0.563. The smallest absolute Gasteiger partial charge is 0.325 e. The molecule has 132 valence electrons. The molecule has 2 N–H and O–H groups in total. The molecule has 9 nitrogen and oxygen atoms in total. The highest BCUT2D eigenvalue weighted by molar-refractivity contribution is 6.03. The molecule has 0 radical (unpaired) electrons. The summed E-state index contributed by atoms with van der Waals surface area (Å²) < 4.78 is 0. The van der Waals surface area contributed by atoms with E-state index >= 15 is 0 Å². The first kappa shape index (κ1) is 16.7. The third-order valence-electron chi connectivity index (χ3n) is 5.09. The molecule has 0 aliphatic carbocycles. The SMILES string of the molecule is O=C1CN(CC(=O)N2CCC3(CCCN(CCO)C3=O)C2)C(=O)N1. The van der Waals surface area contributed by atoms with Crippen molar-refractivity contribution >= 4 is 23.8 Å². The summed E-state index contributed by atoms with van der Waals surface area (Å²) in [6, 6.07) is -0.551. The summed E-state index contributed by atoms with van der Waals surface area (Å²) >= 11 is 0. The number of urea groups is 1. The molecule has 3 aliphatic rings. The van der Waals surface area contributed by atoms with Gasteiger partial charge in [0, 0.05) is 26.2 Å². The van der Waals surface area contributed by atoms with E-state index in [4.69, 9.17) is 5.11 Å². The first-order valence-corrected chi connectivity index (χ1v) is 8.22. The molecule has 1 atom stereocenters. The number of carbonyl (C=O) groups excluding carboxylic acids is 4. The second-order valence-corrected chi connectivity index (χ2v) is 6.67. The zero-order valence-electron chi connectivity index (χ0n) is 13.5. The topological polar surface area (TPSA) is 110 Å². The molecule has 3 heterocycles. The maximum Gasteiger partial charge on any atom is 0.325 e. The van der Waals surface area contributed by atoms with Gasteiger partial charge in [0.05, 0.1) is 12.0 Å². The maximum atomic E-state index is 12.7. The molecular weight excluding hydrogens is 316 g/mol. The van der Waals surface area contributed by atoms with E-state index in [2.05, 4.69) is 5.32 Å². The van der Waals surface area contributed by atoms with Crippen molar-refractivity contribution in [3.8, 4) is 0 Å². The largest absolute Gasteiger partial charge is 0.395 e. The first-order chi connectivity index (χ1) is 11.4. The van der Waals surface area contributed by atoms with Gasteiger partial charge in [-0.15, -0.1) is 0 Å². The summed E-state index contributed by atoms with van der Waals surface area (Å²) in [6.45, 7) is 1.46. The quantitative estimate of drug-likeness (QED) is 0.598. The van der Waals surface area contributed by atoms with Crippen molar-refractivity contribution in [3.05, 3.63) is 0 Å². The minimum Gasteiger partial charge on any atom is -0.395 e. The van der Waals surface area contributed by atoms with Crippen LogP contribution in [0.2, 0.25) is 0 Å². The van der Waals surface area contributed by atoms with E-state index in [1.165, 1.54) is 4.90 Å². The normalized spacial score (nSPS) is 27.4. The summed E-state index contributed by atoms with van der Waals surface area (Å²) in [5.41, 5.74) is -0.563. The Morgan fingerprint density at radius 1 is 1.17 bits per heavy atom. The fourth-order valence-electron chi connectivity index (χ4n) is 3.82. The van der Waals surface area contributed by atoms with Crippen LogP contribution in [0.1, 0.15) is 19.3 Å². The van der Waals surface area contributed by atoms with E-state index in [9.17, 15) is 19.2 Å². The molecule has 3 rings (SSSR count). The Kier molecular flexibility index (Phi) is 4.44. The summed E-state index contributed by atoms with van der Waals surface area (Å²) in [6.07, 6.45) is 2.20. The van der Waals surface area contributed by atoms with Crippen molar-refractivity contribution in [2.75, 3.05) is 45.9 Å². The van der Waals surface area contributed by atoms with Crippen LogP contribution >= 0.6 is 0 Å². The highest BCUT2D eigenvalue weighted by atomic mass is 16.3. The second kappa shape index (κ2) is 6.39. The molecule has 0 aromatic heterocycles. The number of amides is 5. The summed E-state index contributed by atoms with van der Waals surface area (Å²) in [7, 11) is 0. The van der Waals surface area contributed by atoms with Crippen molar-refractivity contribution < 1.29 is 24.3 Å². The number of carbonyl (C=O) groups is 4. The van der Waals surface area contributed by atoms with Crippen LogP contribution < -0.4 is 5.32 Å². The Labute approximate surface area is 139 Å². The van der Waals surface area contributed by atoms with Crippen LogP contribution in [0.15, 0.2) is 0 Å². The number of hydrogen-bond donors (Lipinski definition) is 2. The molecule has 1 spiro atoms. The number of β-amino-alcohol motifs (C(OH)–C–C–N with tert-alkyl or cyclic N) is 1. The monoisotopic (exact) mass is 338 g/mol. The van der Waals surface area contributed by atoms with Crippen molar-refractivity contribution in [3.63, 3.8) is 0 Å². The van der Waals surface area contributed by atoms with Crippen molar-refractivity contribution in [2.45, 2.75) is 19.3 Å². The molecule has 0 saturated carbocycles. The Bertz CT molecular complexity index is 578. The van der Waals surface area contributed by atoms with Gasteiger partial charge >= 0.3 is 6.03 Å². The Morgan fingerprint density at radius 3 is 2.62 bits per heavy atom. The average molecular weight is 338 g/mol. The van der Waals surface area contributed by atoms with Gasteiger partial charge in [-0.2, -0.15) is 0 Å². The lowest BCUT2D eigenvalue weighted by atomic mass is 9.78. The Hall–Kier alpha value is -2.16. The van der Waals surface area contributed by atoms with Gasteiger partial charge in [0.1, 0.15) is 13.1 Å². The van der Waals surface area contributed by atoms with Crippen LogP contribution in [0.25, 0.3) is 0 Å². The van der Waals surface area contributed by atoms with Gasteiger partial charge < -0.3 is 19.8 Å². The lowest BCUT2D eigenvalue weighted by Crippen LogP contribution is -2.51. The highest BCUT2D eigenvalue weighted by Gasteiger charge is 2.49. The molecule has 9 heteroatoms. The zero-order valence-corrected chi connectivity index (χ0v) is 13.5. The third kappa shape index (κ3) is 2.95. The molecule has 5 amide bonds. The van der Waals surface area contributed by atoms with Gasteiger partial charge in [0.25, 0.3) is 0 Å². The van der Waals surface area contributed by atoms with E-state index in [-0.39, 0.29) is 31.5 Å². The molecule has 0 aromatic rings. The predicted molar refractivity (Wildman–Crippen MR) is 81.6 cm³/mol. The second-order valence-electron chi connectivity index (χ2n) is 6.67. The number of aliphatic hydroxyl groups is 1. The van der Waals surface area contributed by atoms with E-state index < -0.39 is 17.4 Å². The number of likely N-dealkylation sites (tertiary alicyclic amines) is 2. The number of aliphatic hydroxyl groups excluding tert-OH is 1. The number of hydrogen-bond acceptors (Lipinski definition) is 5. The van der Waals surface area contributed by atoms with Crippen LogP contribution in [0.4, 0.5) is 4.79 Å². The van der Waals surface area contributed by atoms with Gasteiger partial charge in [-0.1, -0.05) is 0 Å². The van der Waals surface area contributed by atoms with Gasteiger partial charge in [0.2, 0.25) is 17.7 Å². The van der Waals surface area contributed by atoms with Crippen LogP contribution in [0, 0.1) is 5.41 Å². The Morgan fingerprint density at radius 2 is 1.96 bits per heavy atom. The van der Waals surface area contributed by atoms with Crippen LogP contribution in [-0.2, 0) is 14.4 Å². The molecule has 0 aromatic carbocycles. The molecular formula is C15H22N4O5. The van der Waals surface area contributed by atoms with Gasteiger partial charge in [0.15, 0.2) is 0 Å². The van der Waals surface area contributed by atoms with E-state index in [1.54, 1.807) is 9.80 Å². The number of piperidine rings is 1. The van der Waals surface area contributed by atoms with Crippen LogP contribution in [0.3, 0.4) is 0 Å². The molecule has 3 aliphatic heterocycles. The van der Waals surface area contributed by atoms with Gasteiger partial charge in [-0.25, -0.2) is 4.79 Å². The van der Waals surface area contributed by atoms with Crippen molar-refractivity contribution in [1.82, 2.24) is 20.0 Å². The van der Waals surface area contributed by atoms with Crippen molar-refractivity contribution in [2.24, 2.45) is 5.41 Å². The minimum absolute atomic E-state index is 0.00666. The zero-order chi connectivity index (χ0) is 17.3. The fraction of sp³-hybridized carbons (Fsp3) is 0.733. The molecule has 0 bridgehead atoms. The summed E-state index contributed by atoms with van der Waals surface area (Å²) in [5, 5.41) is 11.2. The van der Waals surface area contributed by atoms with E-state index in [0.717, 1.165) is 12.8 Å². The average Bonchev–Trinajstić information content (AvgIpc) is 3.09. The first-order valence-electron chi connectivity index (χ1n) is 8.22. The lowest BCUT2D eigenvalue weighted by Gasteiger charge is -2.39. The predicted octanol–water partition coefficient (Wildman–Crippen LogP) is -1.63. The molecule has 24 heavy (non-hydrogen) atoms. The Balaban J connectivity index is 1.62. The summed E-state index contributed by atoms with van der Waals surface area (Å²) in [5.74, 6) is -0.649. The molecule has 1 unspecified atom stereocenters. The van der Waals surface area contributed by atoms with Gasteiger partial charge in [-0.3, -0.25) is 19.7 Å². The third-order valence-corrected chi connectivity index (χ3v) is 5.09. The number of nitrogens with one attached hydrogen (secondary N) is 1. The van der Waals surface area contributed by atoms with E-state index in [0.29, 0.717) is 32.6 Å². The standard InChI is InChI=1S/C15H22N4O5/c20-7-6-17-4-1-2-15(13(17)23)3-5-18(10-15)12(22)9-19-8-11(21)16-14(19)24/h20H,1-10H2,(H,16,21,24). The van der Waals surface area contributed by atoms with Crippen molar-refractivity contribution in [1.29, 1.82) is 0 Å². The number of imide groups is 1. The van der Waals surface area contributed by atoms with Crippen LogP contribution in [0.5, 0.6) is 0 Å². The lowest BCUT2D eigenvalue weighted by molar-refractivity contribution is -0.146. The number of nitrogens with zero attached hydrogens (tertiary/aromatic N) is 3. The molecule has 3 saturated heterocycles. The highest BCUT2D eigenvalue weighted by Crippen LogP contribution is 2.40.